The summed E-state index contributed by atoms with van der Waals surface area (Å²) in [7, 11) is 0. The third kappa shape index (κ3) is 3.05. The summed E-state index contributed by atoms with van der Waals surface area (Å²) in [4.78, 5) is 8.55. The summed E-state index contributed by atoms with van der Waals surface area (Å²) in [6.07, 6.45) is 1.60. The third-order valence-electron chi connectivity index (χ3n) is 2.42. The fourth-order valence-electron chi connectivity index (χ4n) is 1.58. The molecule has 0 aliphatic rings. The molecule has 2 heterocycles. The largest absolute Gasteiger partial charge is 0.375 e. The van der Waals surface area contributed by atoms with Crippen molar-refractivity contribution in [3.8, 4) is 0 Å². The molecule has 2 rings (SSSR count). The van der Waals surface area contributed by atoms with Gasteiger partial charge in [0.15, 0.2) is 0 Å². The molecule has 96 valence electrons. The molecular weight excluding hydrogens is 246 g/mol. The van der Waals surface area contributed by atoms with Crippen molar-refractivity contribution in [1.29, 1.82) is 0 Å². The maximum absolute atomic E-state index is 5.43. The summed E-state index contributed by atoms with van der Waals surface area (Å²) in [5, 5.41) is 5.38. The Labute approximate surface area is 111 Å². The standard InChI is InChI=1S/C13H17N3OS/c1-9(2)6-17-5-4-14-13-12-11(15-8-16-13)10(3)7-18-12/h7-8H,1,4-6H2,2-3H3,(H,14,15,16). The molecule has 0 spiro atoms. The van der Waals surface area contributed by atoms with Crippen LogP contribution in [0.15, 0.2) is 23.9 Å². The molecule has 0 amide bonds. The lowest BCUT2D eigenvalue weighted by molar-refractivity contribution is 0.167. The quantitative estimate of drug-likeness (QED) is 0.643. The van der Waals surface area contributed by atoms with Gasteiger partial charge in [0.05, 0.1) is 23.4 Å². The van der Waals surface area contributed by atoms with Gasteiger partial charge in [-0.3, -0.25) is 0 Å². The highest BCUT2D eigenvalue weighted by molar-refractivity contribution is 7.18. The van der Waals surface area contributed by atoms with E-state index >= 15 is 0 Å². The highest BCUT2D eigenvalue weighted by Crippen LogP contribution is 2.28. The lowest BCUT2D eigenvalue weighted by Crippen LogP contribution is -2.11. The lowest BCUT2D eigenvalue weighted by atomic mass is 10.3. The van der Waals surface area contributed by atoms with Gasteiger partial charge in [-0.05, 0) is 24.8 Å². The van der Waals surface area contributed by atoms with E-state index in [4.69, 9.17) is 4.74 Å². The Morgan fingerprint density at radius 2 is 2.33 bits per heavy atom. The van der Waals surface area contributed by atoms with Crippen LogP contribution in [0.1, 0.15) is 12.5 Å². The van der Waals surface area contributed by atoms with Gasteiger partial charge in [0.2, 0.25) is 0 Å². The normalized spacial score (nSPS) is 10.8. The molecule has 0 unspecified atom stereocenters. The third-order valence-corrected chi connectivity index (χ3v) is 3.51. The van der Waals surface area contributed by atoms with Gasteiger partial charge in [-0.25, -0.2) is 9.97 Å². The number of hydrogen-bond acceptors (Lipinski definition) is 5. The second kappa shape index (κ2) is 5.93. The molecule has 0 aliphatic carbocycles. The Balaban J connectivity index is 1.93. The van der Waals surface area contributed by atoms with E-state index in [1.165, 1.54) is 5.56 Å². The number of rotatable bonds is 6. The first-order valence-corrected chi connectivity index (χ1v) is 6.71. The predicted molar refractivity (Wildman–Crippen MR) is 76.3 cm³/mol. The van der Waals surface area contributed by atoms with E-state index in [9.17, 15) is 0 Å². The minimum atomic E-state index is 0.610. The fraction of sp³-hybridized carbons (Fsp3) is 0.385. The van der Waals surface area contributed by atoms with Crippen molar-refractivity contribution in [1.82, 2.24) is 9.97 Å². The number of aromatic nitrogens is 2. The first-order chi connectivity index (χ1) is 8.68. The minimum Gasteiger partial charge on any atom is -0.375 e. The number of fused-ring (bicyclic) bond motifs is 1. The van der Waals surface area contributed by atoms with Crippen LogP contribution in [0, 0.1) is 6.92 Å². The van der Waals surface area contributed by atoms with Crippen LogP contribution in [0.5, 0.6) is 0 Å². The van der Waals surface area contributed by atoms with Crippen molar-refractivity contribution in [2.75, 3.05) is 25.1 Å². The maximum atomic E-state index is 5.43. The van der Waals surface area contributed by atoms with E-state index in [-0.39, 0.29) is 0 Å². The molecule has 2 aromatic rings. The summed E-state index contributed by atoms with van der Waals surface area (Å²) in [6, 6.07) is 0. The smallest absolute Gasteiger partial charge is 0.147 e. The number of ether oxygens (including phenoxy) is 1. The Kier molecular flexibility index (Phi) is 4.28. The molecule has 5 heteroatoms. The summed E-state index contributed by atoms with van der Waals surface area (Å²) < 4.78 is 6.54. The number of thiophene rings is 1. The molecule has 0 fully saturated rings. The second-order valence-electron chi connectivity index (χ2n) is 4.26. The highest BCUT2D eigenvalue weighted by atomic mass is 32.1. The predicted octanol–water partition coefficient (Wildman–Crippen LogP) is 3.00. The van der Waals surface area contributed by atoms with E-state index in [1.807, 2.05) is 6.92 Å². The molecule has 0 radical (unpaired) electrons. The van der Waals surface area contributed by atoms with Crippen LogP contribution in [-0.4, -0.2) is 29.7 Å². The van der Waals surface area contributed by atoms with Gasteiger partial charge in [0.1, 0.15) is 12.1 Å². The monoisotopic (exact) mass is 263 g/mol. The van der Waals surface area contributed by atoms with E-state index in [1.54, 1.807) is 17.7 Å². The zero-order valence-corrected chi connectivity index (χ0v) is 11.5. The van der Waals surface area contributed by atoms with Crippen molar-refractivity contribution in [2.45, 2.75) is 13.8 Å². The Hall–Kier alpha value is -1.46. The zero-order chi connectivity index (χ0) is 13.0. The summed E-state index contributed by atoms with van der Waals surface area (Å²) in [5.41, 5.74) is 3.26. The number of aryl methyl sites for hydroxylation is 1. The lowest BCUT2D eigenvalue weighted by Gasteiger charge is -2.07. The molecule has 0 aliphatic heterocycles. The highest BCUT2D eigenvalue weighted by Gasteiger charge is 2.07. The molecule has 4 nitrogen and oxygen atoms in total. The number of nitrogens with zero attached hydrogens (tertiary/aromatic N) is 2. The Morgan fingerprint density at radius 3 is 3.11 bits per heavy atom. The van der Waals surface area contributed by atoms with E-state index in [2.05, 4.69) is 34.2 Å². The summed E-state index contributed by atoms with van der Waals surface area (Å²) in [5.74, 6) is 0.886. The molecule has 0 aromatic carbocycles. The van der Waals surface area contributed by atoms with Crippen LogP contribution >= 0.6 is 11.3 Å². The van der Waals surface area contributed by atoms with E-state index in [0.717, 1.165) is 28.2 Å². The van der Waals surface area contributed by atoms with Crippen LogP contribution in [0.3, 0.4) is 0 Å². The number of hydrogen-bond donors (Lipinski definition) is 1. The summed E-state index contributed by atoms with van der Waals surface area (Å²) in [6.45, 7) is 9.79. The van der Waals surface area contributed by atoms with Crippen molar-refractivity contribution >= 4 is 27.4 Å². The Morgan fingerprint density at radius 1 is 1.50 bits per heavy atom. The minimum absolute atomic E-state index is 0.610. The van der Waals surface area contributed by atoms with Crippen molar-refractivity contribution < 1.29 is 4.74 Å². The average Bonchev–Trinajstić information content (AvgIpc) is 2.71. The van der Waals surface area contributed by atoms with Crippen LogP contribution in [0.4, 0.5) is 5.82 Å². The van der Waals surface area contributed by atoms with Gasteiger partial charge < -0.3 is 10.1 Å². The fourth-order valence-corrected chi connectivity index (χ4v) is 2.55. The van der Waals surface area contributed by atoms with Crippen molar-refractivity contribution in [3.63, 3.8) is 0 Å². The Bertz CT molecular complexity index is 550. The molecule has 1 N–H and O–H groups in total. The molecule has 0 atom stereocenters. The number of anilines is 1. The van der Waals surface area contributed by atoms with Crippen molar-refractivity contribution in [3.05, 3.63) is 29.4 Å². The molecule has 0 bridgehead atoms. The molecular formula is C13H17N3OS. The van der Waals surface area contributed by atoms with Crippen LogP contribution in [0.25, 0.3) is 10.2 Å². The van der Waals surface area contributed by atoms with Gasteiger partial charge in [0.25, 0.3) is 0 Å². The van der Waals surface area contributed by atoms with Gasteiger partial charge in [-0.2, -0.15) is 0 Å². The topological polar surface area (TPSA) is 47.0 Å². The van der Waals surface area contributed by atoms with Gasteiger partial charge >= 0.3 is 0 Å². The van der Waals surface area contributed by atoms with E-state index < -0.39 is 0 Å². The van der Waals surface area contributed by atoms with Gasteiger partial charge in [-0.1, -0.05) is 12.2 Å². The van der Waals surface area contributed by atoms with Crippen LogP contribution in [0.2, 0.25) is 0 Å². The van der Waals surface area contributed by atoms with Crippen LogP contribution in [-0.2, 0) is 4.74 Å². The van der Waals surface area contributed by atoms with Crippen LogP contribution < -0.4 is 5.32 Å². The van der Waals surface area contributed by atoms with Gasteiger partial charge in [0, 0.05) is 6.54 Å². The van der Waals surface area contributed by atoms with Gasteiger partial charge in [-0.15, -0.1) is 11.3 Å². The number of nitrogens with one attached hydrogen (secondary N) is 1. The molecule has 18 heavy (non-hydrogen) atoms. The average molecular weight is 263 g/mol. The maximum Gasteiger partial charge on any atom is 0.147 e. The summed E-state index contributed by atoms with van der Waals surface area (Å²) >= 11 is 1.67. The zero-order valence-electron chi connectivity index (χ0n) is 10.7. The van der Waals surface area contributed by atoms with E-state index in [0.29, 0.717) is 13.2 Å². The second-order valence-corrected chi connectivity index (χ2v) is 5.13. The first kappa shape index (κ1) is 13.0. The first-order valence-electron chi connectivity index (χ1n) is 5.83. The molecule has 0 saturated carbocycles. The molecule has 0 saturated heterocycles. The SMILES string of the molecule is C=C(C)COCCNc1ncnc2c(C)csc12. The van der Waals surface area contributed by atoms with Crippen molar-refractivity contribution in [2.24, 2.45) is 0 Å². The molecule has 2 aromatic heterocycles.